The second kappa shape index (κ2) is 13.3. The zero-order valence-electron chi connectivity index (χ0n) is 19.8. The molecule has 7 nitrogen and oxygen atoms in total. The molecule has 1 aliphatic rings. The molecule has 9 heteroatoms. The van der Waals surface area contributed by atoms with Crippen molar-refractivity contribution in [2.75, 3.05) is 5.75 Å². The fourth-order valence-electron chi connectivity index (χ4n) is 3.48. The molecule has 0 aliphatic heterocycles. The van der Waals surface area contributed by atoms with Gasteiger partial charge in [0.2, 0.25) is 5.91 Å². The SMILES string of the molecule is CC1=C(/C=C/C(C)=C/C=C/C(C)=C/C(=O)N[C@@H](CS(=O)(=O)[O-])C(=O)O)C(C)(C)CCC1.[Na+]. The molecule has 1 rings (SSSR count). The number of carbonyl (C=O) groups is 2. The van der Waals surface area contributed by atoms with Crippen LogP contribution >= 0.6 is 0 Å². The minimum absolute atomic E-state index is 0. The molecular weight excluding hydrogens is 441 g/mol. The number of hydrogen-bond donors (Lipinski definition) is 2. The van der Waals surface area contributed by atoms with Crippen LogP contribution in [0.3, 0.4) is 0 Å². The average molecular weight is 474 g/mol. The van der Waals surface area contributed by atoms with E-state index in [1.165, 1.54) is 24.0 Å². The van der Waals surface area contributed by atoms with E-state index < -0.39 is 33.8 Å². The molecule has 2 N–H and O–H groups in total. The van der Waals surface area contributed by atoms with Crippen LogP contribution in [-0.4, -0.2) is 41.7 Å². The first-order valence-corrected chi connectivity index (χ1v) is 11.7. The van der Waals surface area contributed by atoms with Crippen LogP contribution in [0.2, 0.25) is 0 Å². The largest absolute Gasteiger partial charge is 1.00 e. The molecule has 0 spiro atoms. The van der Waals surface area contributed by atoms with Crippen molar-refractivity contribution in [3.8, 4) is 0 Å². The third kappa shape index (κ3) is 11.4. The summed E-state index contributed by atoms with van der Waals surface area (Å²) in [6, 6.07) is -1.79. The summed E-state index contributed by atoms with van der Waals surface area (Å²) < 4.78 is 32.3. The van der Waals surface area contributed by atoms with E-state index in [1.54, 1.807) is 19.1 Å². The molecule has 0 aromatic carbocycles. The summed E-state index contributed by atoms with van der Waals surface area (Å²) in [7, 11) is -4.79. The number of amides is 1. The van der Waals surface area contributed by atoms with Gasteiger partial charge in [-0.2, -0.15) is 0 Å². The molecule has 1 atom stereocenters. The molecule has 0 aromatic rings. The first kappa shape index (κ1) is 30.6. The molecule has 0 saturated carbocycles. The summed E-state index contributed by atoms with van der Waals surface area (Å²) in [6.07, 6.45) is 14.2. The van der Waals surface area contributed by atoms with Crippen LogP contribution in [0, 0.1) is 5.41 Å². The first-order valence-electron chi connectivity index (χ1n) is 10.1. The Kier molecular flexibility index (Phi) is 12.7. The van der Waals surface area contributed by atoms with E-state index in [0.29, 0.717) is 5.57 Å². The normalized spacial score (nSPS) is 18.6. The Morgan fingerprint density at radius 1 is 1.22 bits per heavy atom. The van der Waals surface area contributed by atoms with Crippen molar-refractivity contribution < 1.29 is 57.2 Å². The van der Waals surface area contributed by atoms with E-state index in [9.17, 15) is 22.6 Å². The average Bonchev–Trinajstić information content (AvgIpc) is 2.58. The Hall–Kier alpha value is -1.45. The number of nitrogens with one attached hydrogen (secondary N) is 1. The molecule has 0 aromatic heterocycles. The van der Waals surface area contributed by atoms with Crippen LogP contribution in [0.4, 0.5) is 0 Å². The molecule has 172 valence electrons. The quantitative estimate of drug-likeness (QED) is 0.219. The molecule has 0 radical (unpaired) electrons. The Balaban J connectivity index is 0.00000961. The van der Waals surface area contributed by atoms with Crippen LogP contribution in [0.15, 0.2) is 58.7 Å². The van der Waals surface area contributed by atoms with Gasteiger partial charge in [0.15, 0.2) is 0 Å². The van der Waals surface area contributed by atoms with Crippen LogP contribution in [0.5, 0.6) is 0 Å². The molecule has 0 fully saturated rings. The Morgan fingerprint density at radius 3 is 2.38 bits per heavy atom. The Bertz CT molecular complexity index is 955. The van der Waals surface area contributed by atoms with Crippen molar-refractivity contribution in [3.63, 3.8) is 0 Å². The van der Waals surface area contributed by atoms with Crippen molar-refractivity contribution in [2.45, 2.75) is 59.9 Å². The van der Waals surface area contributed by atoms with E-state index in [-0.39, 0.29) is 35.0 Å². The van der Waals surface area contributed by atoms with E-state index in [2.05, 4.69) is 32.9 Å². The number of carboxylic acids is 1. The van der Waals surface area contributed by atoms with Crippen molar-refractivity contribution in [1.29, 1.82) is 0 Å². The maximum Gasteiger partial charge on any atom is 1.00 e. The van der Waals surface area contributed by atoms with Gasteiger partial charge in [0.1, 0.15) is 6.04 Å². The molecule has 0 bridgehead atoms. The van der Waals surface area contributed by atoms with Gasteiger partial charge < -0.3 is 15.0 Å². The summed E-state index contributed by atoms with van der Waals surface area (Å²) in [5, 5.41) is 11.0. The van der Waals surface area contributed by atoms with Gasteiger partial charge in [-0.25, -0.2) is 13.2 Å². The van der Waals surface area contributed by atoms with Crippen molar-refractivity contribution in [1.82, 2.24) is 5.32 Å². The number of aliphatic carboxylic acids is 1. The fraction of sp³-hybridized carbons (Fsp3) is 0.478. The topological polar surface area (TPSA) is 124 Å². The Morgan fingerprint density at radius 2 is 1.84 bits per heavy atom. The number of carboxylic acid groups (broad SMARTS) is 1. The number of rotatable bonds is 9. The van der Waals surface area contributed by atoms with Crippen LogP contribution in [0.1, 0.15) is 53.9 Å². The van der Waals surface area contributed by atoms with Gasteiger partial charge in [0, 0.05) is 6.08 Å². The zero-order chi connectivity index (χ0) is 23.8. The molecule has 32 heavy (non-hydrogen) atoms. The summed E-state index contributed by atoms with van der Waals surface area (Å²) in [4.78, 5) is 22.9. The van der Waals surface area contributed by atoms with Crippen molar-refractivity contribution >= 4 is 22.0 Å². The van der Waals surface area contributed by atoms with Crippen molar-refractivity contribution in [3.05, 3.63) is 58.7 Å². The summed E-state index contributed by atoms with van der Waals surface area (Å²) in [6.45, 7) is 10.3. The smallest absolute Gasteiger partial charge is 0.748 e. The van der Waals surface area contributed by atoms with Gasteiger partial charge in [-0.1, -0.05) is 55.4 Å². The van der Waals surface area contributed by atoms with Gasteiger partial charge in [0.25, 0.3) is 0 Å². The van der Waals surface area contributed by atoms with Crippen molar-refractivity contribution in [2.24, 2.45) is 5.41 Å². The minimum atomic E-state index is -4.79. The Labute approximate surface area is 213 Å². The minimum Gasteiger partial charge on any atom is -0.748 e. The molecule has 0 unspecified atom stereocenters. The second-order valence-corrected chi connectivity index (χ2v) is 10.00. The summed E-state index contributed by atoms with van der Waals surface area (Å²) in [5.41, 5.74) is 4.52. The van der Waals surface area contributed by atoms with Gasteiger partial charge >= 0.3 is 35.5 Å². The number of allylic oxidation sites excluding steroid dienone is 9. The third-order valence-electron chi connectivity index (χ3n) is 5.12. The standard InChI is InChI=1S/C23H33NO6S.Na/c1-16(11-12-19-18(3)10-7-13-23(19,4)5)8-6-9-17(2)14-21(25)24-20(22(26)27)15-31(28,29)30;/h6,8-9,11-12,14,20H,7,10,13,15H2,1-5H3,(H,24,25)(H,26,27)(H,28,29,30);/q;+1/p-1/b9-6+,12-11+,16-8+,17-14+;/t20-;/m0./s1. The molecule has 0 heterocycles. The van der Waals surface area contributed by atoms with Gasteiger partial charge in [-0.15, -0.1) is 0 Å². The van der Waals surface area contributed by atoms with Gasteiger partial charge in [0.05, 0.1) is 15.9 Å². The fourth-order valence-corrected chi connectivity index (χ4v) is 4.11. The van der Waals surface area contributed by atoms with Crippen LogP contribution in [0.25, 0.3) is 0 Å². The number of hydrogen-bond acceptors (Lipinski definition) is 5. The van der Waals surface area contributed by atoms with E-state index in [0.717, 1.165) is 18.1 Å². The van der Waals surface area contributed by atoms with E-state index >= 15 is 0 Å². The molecule has 1 aliphatic carbocycles. The third-order valence-corrected chi connectivity index (χ3v) is 5.86. The van der Waals surface area contributed by atoms with E-state index in [1.807, 2.05) is 18.3 Å². The second-order valence-electron chi connectivity index (χ2n) is 8.55. The maximum absolute atomic E-state index is 11.9. The van der Waals surface area contributed by atoms with E-state index in [4.69, 9.17) is 5.11 Å². The zero-order valence-corrected chi connectivity index (χ0v) is 22.6. The van der Waals surface area contributed by atoms with Gasteiger partial charge in [-0.05, 0) is 56.6 Å². The predicted molar refractivity (Wildman–Crippen MR) is 120 cm³/mol. The monoisotopic (exact) mass is 473 g/mol. The summed E-state index contributed by atoms with van der Waals surface area (Å²) >= 11 is 0. The van der Waals surface area contributed by atoms with Crippen LogP contribution in [-0.2, 0) is 19.7 Å². The molecule has 0 saturated heterocycles. The first-order chi connectivity index (χ1) is 14.2. The maximum atomic E-state index is 11.9. The number of carbonyl (C=O) groups excluding carboxylic acids is 1. The van der Waals surface area contributed by atoms with Crippen LogP contribution < -0.4 is 34.9 Å². The predicted octanol–water partition coefficient (Wildman–Crippen LogP) is 0.637. The van der Waals surface area contributed by atoms with Gasteiger partial charge in [-0.3, -0.25) is 4.79 Å². The summed E-state index contributed by atoms with van der Waals surface area (Å²) in [5.74, 6) is -3.59. The molecule has 1 amide bonds. The molecular formula is C23H32NNaO6S.